The summed E-state index contributed by atoms with van der Waals surface area (Å²) in [6, 6.07) is 12.1. The number of ether oxygens (including phenoxy) is 1. The van der Waals surface area contributed by atoms with E-state index in [0.29, 0.717) is 0 Å². The molecule has 1 aromatic carbocycles. The van der Waals surface area contributed by atoms with Crippen LogP contribution in [-0.2, 0) is 4.74 Å². The van der Waals surface area contributed by atoms with Crippen LogP contribution in [0.25, 0.3) is 23.1 Å². The average Bonchev–Trinajstić information content (AvgIpc) is 3.24. The maximum absolute atomic E-state index is 6.24. The third-order valence-electron chi connectivity index (χ3n) is 4.82. The molecule has 0 unspecified atom stereocenters. The molecule has 1 saturated heterocycles. The van der Waals surface area contributed by atoms with Gasteiger partial charge < -0.3 is 10.1 Å². The van der Waals surface area contributed by atoms with Crippen LogP contribution in [0.3, 0.4) is 0 Å². The van der Waals surface area contributed by atoms with Crippen molar-refractivity contribution in [3.8, 4) is 0 Å². The molecule has 0 radical (unpaired) electrons. The lowest BCUT2D eigenvalue weighted by Crippen LogP contribution is -2.37. The molecule has 0 saturated carbocycles. The molecule has 1 N–H and O–H groups in total. The van der Waals surface area contributed by atoms with Crippen LogP contribution in [0.2, 0.25) is 5.02 Å². The van der Waals surface area contributed by atoms with E-state index in [-0.39, 0.29) is 0 Å². The van der Waals surface area contributed by atoms with Crippen LogP contribution >= 0.6 is 22.9 Å². The third kappa shape index (κ3) is 5.11. The molecular formula is C22H24ClN3OS. The SMILES string of the molecule is Clc1ccc2nc(/C=C/c3cccs3)cc(NCCCN3CCOCC3)c2c1. The molecule has 1 fully saturated rings. The minimum atomic E-state index is 0.729. The number of hydrogen-bond acceptors (Lipinski definition) is 5. The monoisotopic (exact) mass is 413 g/mol. The number of halogens is 1. The Morgan fingerprint density at radius 1 is 1.18 bits per heavy atom. The zero-order chi connectivity index (χ0) is 19.2. The number of nitrogens with zero attached hydrogens (tertiary/aromatic N) is 2. The molecule has 4 rings (SSSR count). The summed E-state index contributed by atoms with van der Waals surface area (Å²) in [4.78, 5) is 8.46. The summed E-state index contributed by atoms with van der Waals surface area (Å²) in [7, 11) is 0. The number of morpholine rings is 1. The molecule has 1 aliphatic rings. The predicted molar refractivity (Wildman–Crippen MR) is 120 cm³/mol. The van der Waals surface area contributed by atoms with Gasteiger partial charge in [-0.1, -0.05) is 17.7 Å². The zero-order valence-electron chi connectivity index (χ0n) is 15.7. The Balaban J connectivity index is 1.48. The van der Waals surface area contributed by atoms with Gasteiger partial charge in [0.1, 0.15) is 0 Å². The minimum absolute atomic E-state index is 0.729. The van der Waals surface area contributed by atoms with Gasteiger partial charge in [-0.05, 0) is 60.8 Å². The highest BCUT2D eigenvalue weighted by atomic mass is 35.5. The van der Waals surface area contributed by atoms with Crippen molar-refractivity contribution in [1.82, 2.24) is 9.88 Å². The molecule has 0 bridgehead atoms. The number of pyridine rings is 1. The Labute approximate surface area is 174 Å². The molecule has 0 aliphatic carbocycles. The van der Waals surface area contributed by atoms with Gasteiger partial charge in [-0.3, -0.25) is 4.90 Å². The van der Waals surface area contributed by atoms with Crippen LogP contribution in [0.5, 0.6) is 0 Å². The van der Waals surface area contributed by atoms with Crippen molar-refractivity contribution in [3.05, 3.63) is 57.4 Å². The molecule has 28 heavy (non-hydrogen) atoms. The van der Waals surface area contributed by atoms with E-state index >= 15 is 0 Å². The van der Waals surface area contributed by atoms with E-state index in [0.717, 1.165) is 73.1 Å². The van der Waals surface area contributed by atoms with E-state index in [4.69, 9.17) is 21.3 Å². The molecule has 3 heterocycles. The van der Waals surface area contributed by atoms with E-state index in [2.05, 4.69) is 45.9 Å². The summed E-state index contributed by atoms with van der Waals surface area (Å²) in [6.45, 7) is 5.76. The van der Waals surface area contributed by atoms with Gasteiger partial charge in [0, 0.05) is 40.6 Å². The van der Waals surface area contributed by atoms with E-state index in [1.54, 1.807) is 11.3 Å². The summed E-state index contributed by atoms with van der Waals surface area (Å²) in [5.74, 6) is 0. The predicted octanol–water partition coefficient (Wildman–Crippen LogP) is 5.25. The maximum atomic E-state index is 6.24. The molecule has 0 atom stereocenters. The second-order valence-corrected chi connectivity index (χ2v) is 8.25. The number of rotatable bonds is 7. The van der Waals surface area contributed by atoms with Gasteiger partial charge in [-0.2, -0.15) is 0 Å². The molecule has 0 spiro atoms. The standard InChI is InChI=1S/C22H24ClN3OS/c23-17-4-7-21-20(15-17)22(24-8-2-9-26-10-12-27-13-11-26)16-18(25-21)5-6-19-3-1-14-28-19/h1,3-7,14-16H,2,8-13H2,(H,24,25)/b6-5+. The van der Waals surface area contributed by atoms with Gasteiger partial charge in [0.15, 0.2) is 0 Å². The van der Waals surface area contributed by atoms with Crippen molar-refractivity contribution >= 4 is 51.7 Å². The Bertz CT molecular complexity index is 936. The van der Waals surface area contributed by atoms with Gasteiger partial charge in [-0.15, -0.1) is 11.3 Å². The summed E-state index contributed by atoms with van der Waals surface area (Å²) in [5.41, 5.74) is 2.98. The molecule has 4 nitrogen and oxygen atoms in total. The first-order valence-electron chi connectivity index (χ1n) is 9.64. The molecule has 1 aliphatic heterocycles. The van der Waals surface area contributed by atoms with Crippen LogP contribution in [0, 0.1) is 0 Å². The fourth-order valence-corrected chi connectivity index (χ4v) is 4.14. The lowest BCUT2D eigenvalue weighted by Gasteiger charge is -2.26. The first kappa shape index (κ1) is 19.4. The number of hydrogen-bond donors (Lipinski definition) is 1. The lowest BCUT2D eigenvalue weighted by atomic mass is 10.1. The highest BCUT2D eigenvalue weighted by Crippen LogP contribution is 2.27. The first-order valence-corrected chi connectivity index (χ1v) is 10.9. The molecule has 6 heteroatoms. The highest BCUT2D eigenvalue weighted by Gasteiger charge is 2.10. The third-order valence-corrected chi connectivity index (χ3v) is 5.90. The van der Waals surface area contributed by atoms with Crippen LogP contribution in [0.1, 0.15) is 17.0 Å². The Hall–Kier alpha value is -1.92. The van der Waals surface area contributed by atoms with E-state index < -0.39 is 0 Å². The van der Waals surface area contributed by atoms with Crippen LogP contribution < -0.4 is 5.32 Å². The normalized spacial score (nSPS) is 15.5. The number of fused-ring (bicyclic) bond motifs is 1. The fraction of sp³-hybridized carbons (Fsp3) is 0.318. The Morgan fingerprint density at radius 3 is 2.89 bits per heavy atom. The number of benzene rings is 1. The molecule has 3 aromatic rings. The van der Waals surface area contributed by atoms with Crippen molar-refractivity contribution in [3.63, 3.8) is 0 Å². The van der Waals surface area contributed by atoms with Crippen LogP contribution in [0.4, 0.5) is 5.69 Å². The summed E-state index contributed by atoms with van der Waals surface area (Å²) in [5, 5.41) is 7.47. The van der Waals surface area contributed by atoms with Crippen molar-refractivity contribution < 1.29 is 4.74 Å². The average molecular weight is 414 g/mol. The molecule has 2 aromatic heterocycles. The lowest BCUT2D eigenvalue weighted by molar-refractivity contribution is 0.0378. The van der Waals surface area contributed by atoms with Crippen molar-refractivity contribution in [2.75, 3.05) is 44.7 Å². The Morgan fingerprint density at radius 2 is 2.07 bits per heavy atom. The smallest absolute Gasteiger partial charge is 0.0731 e. The first-order chi connectivity index (χ1) is 13.8. The fourth-order valence-electron chi connectivity index (χ4n) is 3.35. The molecular weight excluding hydrogens is 390 g/mol. The quantitative estimate of drug-likeness (QED) is 0.536. The number of nitrogens with one attached hydrogen (secondary N) is 1. The largest absolute Gasteiger partial charge is 0.384 e. The van der Waals surface area contributed by atoms with E-state index in [1.165, 1.54) is 4.88 Å². The topological polar surface area (TPSA) is 37.4 Å². The highest BCUT2D eigenvalue weighted by molar-refractivity contribution is 7.10. The van der Waals surface area contributed by atoms with Crippen molar-refractivity contribution in [1.29, 1.82) is 0 Å². The summed E-state index contributed by atoms with van der Waals surface area (Å²) < 4.78 is 5.42. The van der Waals surface area contributed by atoms with E-state index in [1.807, 2.05) is 18.2 Å². The van der Waals surface area contributed by atoms with Gasteiger partial charge in [0.05, 0.1) is 24.4 Å². The van der Waals surface area contributed by atoms with Crippen molar-refractivity contribution in [2.24, 2.45) is 0 Å². The van der Waals surface area contributed by atoms with Gasteiger partial charge in [-0.25, -0.2) is 4.98 Å². The summed E-state index contributed by atoms with van der Waals surface area (Å²) in [6.07, 6.45) is 5.26. The van der Waals surface area contributed by atoms with Gasteiger partial charge >= 0.3 is 0 Å². The molecule has 146 valence electrons. The van der Waals surface area contributed by atoms with E-state index in [9.17, 15) is 0 Å². The Kier molecular flexibility index (Phi) is 6.60. The van der Waals surface area contributed by atoms with Crippen LogP contribution in [-0.4, -0.2) is 49.3 Å². The van der Waals surface area contributed by atoms with Crippen molar-refractivity contribution in [2.45, 2.75) is 6.42 Å². The number of aromatic nitrogens is 1. The number of anilines is 1. The van der Waals surface area contributed by atoms with Crippen LogP contribution in [0.15, 0.2) is 41.8 Å². The summed E-state index contributed by atoms with van der Waals surface area (Å²) >= 11 is 7.96. The maximum Gasteiger partial charge on any atom is 0.0731 e. The molecule has 0 amide bonds. The number of thiophene rings is 1. The second kappa shape index (κ2) is 9.52. The van der Waals surface area contributed by atoms with Gasteiger partial charge in [0.25, 0.3) is 0 Å². The van der Waals surface area contributed by atoms with Gasteiger partial charge in [0.2, 0.25) is 0 Å². The zero-order valence-corrected chi connectivity index (χ0v) is 17.3. The minimum Gasteiger partial charge on any atom is -0.384 e. The second-order valence-electron chi connectivity index (χ2n) is 6.84.